The van der Waals surface area contributed by atoms with E-state index in [-0.39, 0.29) is 19.6 Å². The van der Waals surface area contributed by atoms with E-state index in [4.69, 9.17) is 9.47 Å². The average Bonchev–Trinajstić information content (AvgIpc) is 3.28. The summed E-state index contributed by atoms with van der Waals surface area (Å²) in [5.41, 5.74) is -0.399. The third-order valence-corrected chi connectivity index (χ3v) is 3.35. The fourth-order valence-corrected chi connectivity index (χ4v) is 2.12. The van der Waals surface area contributed by atoms with Crippen LogP contribution >= 0.6 is 0 Å². The van der Waals surface area contributed by atoms with Gasteiger partial charge in [-0.15, -0.1) is 0 Å². The van der Waals surface area contributed by atoms with Crippen LogP contribution in [0.2, 0.25) is 0 Å². The molecule has 0 aliphatic carbocycles. The number of aldehydes is 1. The molecule has 2 N–H and O–H groups in total. The van der Waals surface area contributed by atoms with Gasteiger partial charge in [-0.05, 0) is 18.9 Å². The summed E-state index contributed by atoms with van der Waals surface area (Å²) in [5.74, 6) is -1.77. The molecule has 1 aromatic carbocycles. The number of carboxylic acids is 1. The number of carboxylic acid groups (broad SMARTS) is 1. The van der Waals surface area contributed by atoms with Crippen molar-refractivity contribution in [1.82, 2.24) is 5.32 Å². The summed E-state index contributed by atoms with van der Waals surface area (Å²) in [4.78, 5) is 34.2. The van der Waals surface area contributed by atoms with Gasteiger partial charge in [-0.3, -0.25) is 14.9 Å². The van der Waals surface area contributed by atoms with Gasteiger partial charge in [0.2, 0.25) is 5.72 Å². The van der Waals surface area contributed by atoms with E-state index in [2.05, 4.69) is 5.32 Å². The molecule has 1 heterocycles. The second-order valence-electron chi connectivity index (χ2n) is 4.89. The van der Waals surface area contributed by atoms with Crippen LogP contribution in [0.25, 0.3) is 0 Å². The highest BCUT2D eigenvalue weighted by atomic mass is 16.7. The SMILES string of the molecule is CCOC(=O)C1(N[C@@H](Cc2ccccc2C=O)C(=O)O)CO1. The largest absolute Gasteiger partial charge is 0.480 e. The number of hydrogen-bond donors (Lipinski definition) is 2. The van der Waals surface area contributed by atoms with E-state index in [1.54, 1.807) is 31.2 Å². The number of aliphatic carboxylic acids is 1. The van der Waals surface area contributed by atoms with E-state index in [0.29, 0.717) is 17.4 Å². The smallest absolute Gasteiger partial charge is 0.356 e. The first-order valence-corrected chi connectivity index (χ1v) is 6.87. The predicted molar refractivity (Wildman–Crippen MR) is 75.4 cm³/mol. The Balaban J connectivity index is 2.13. The number of hydrogen-bond acceptors (Lipinski definition) is 6. The Morgan fingerprint density at radius 3 is 2.73 bits per heavy atom. The molecule has 7 nitrogen and oxygen atoms in total. The van der Waals surface area contributed by atoms with E-state index >= 15 is 0 Å². The number of carbonyl (C=O) groups is 3. The first-order chi connectivity index (χ1) is 10.5. The van der Waals surface area contributed by atoms with Crippen LogP contribution < -0.4 is 5.32 Å². The molecule has 7 heteroatoms. The molecule has 0 spiro atoms. The lowest BCUT2D eigenvalue weighted by molar-refractivity contribution is -0.152. The Labute approximate surface area is 127 Å². The van der Waals surface area contributed by atoms with E-state index in [1.165, 1.54) is 0 Å². The zero-order chi connectivity index (χ0) is 16.2. The standard InChI is InChI=1S/C15H17NO6/c1-2-21-14(20)15(9-22-15)16-12(13(18)19)7-10-5-3-4-6-11(10)8-17/h3-6,8,12,16H,2,7,9H2,1H3,(H,18,19)/t12-,15?/m0/s1. The zero-order valence-corrected chi connectivity index (χ0v) is 12.1. The summed E-state index contributed by atoms with van der Waals surface area (Å²) < 4.78 is 9.94. The molecular formula is C15H17NO6. The van der Waals surface area contributed by atoms with Crippen LogP contribution in [-0.2, 0) is 25.5 Å². The van der Waals surface area contributed by atoms with Crippen LogP contribution in [-0.4, -0.2) is 48.3 Å². The molecular weight excluding hydrogens is 290 g/mol. The first-order valence-electron chi connectivity index (χ1n) is 6.87. The van der Waals surface area contributed by atoms with Crippen molar-refractivity contribution in [2.24, 2.45) is 0 Å². The summed E-state index contributed by atoms with van der Waals surface area (Å²) in [7, 11) is 0. The van der Waals surface area contributed by atoms with Gasteiger partial charge < -0.3 is 14.6 Å². The molecule has 1 unspecified atom stereocenters. The monoisotopic (exact) mass is 307 g/mol. The highest BCUT2D eigenvalue weighted by molar-refractivity contribution is 5.84. The molecule has 0 amide bonds. The average molecular weight is 307 g/mol. The van der Waals surface area contributed by atoms with Crippen LogP contribution in [0.3, 0.4) is 0 Å². The van der Waals surface area contributed by atoms with Crippen molar-refractivity contribution in [2.75, 3.05) is 13.2 Å². The van der Waals surface area contributed by atoms with Crippen molar-refractivity contribution < 1.29 is 29.0 Å². The van der Waals surface area contributed by atoms with E-state index < -0.39 is 23.7 Å². The minimum atomic E-state index is -1.39. The lowest BCUT2D eigenvalue weighted by Gasteiger charge is -2.19. The third-order valence-electron chi connectivity index (χ3n) is 3.35. The Hall–Kier alpha value is -2.25. The maximum absolute atomic E-state index is 11.8. The Bertz CT molecular complexity index is 581. The van der Waals surface area contributed by atoms with Crippen molar-refractivity contribution in [3.8, 4) is 0 Å². The molecule has 1 aliphatic rings. The Morgan fingerprint density at radius 1 is 1.50 bits per heavy atom. The lowest BCUT2D eigenvalue weighted by Crippen LogP contribution is -2.51. The molecule has 22 heavy (non-hydrogen) atoms. The summed E-state index contributed by atoms with van der Waals surface area (Å²) in [6.07, 6.45) is 0.720. The topological polar surface area (TPSA) is 105 Å². The quantitative estimate of drug-likeness (QED) is 0.406. The molecule has 0 aromatic heterocycles. The molecule has 0 saturated carbocycles. The van der Waals surface area contributed by atoms with Gasteiger partial charge in [0.15, 0.2) is 0 Å². The number of epoxide rings is 1. The van der Waals surface area contributed by atoms with Gasteiger partial charge >= 0.3 is 11.9 Å². The Kier molecular flexibility index (Phi) is 4.89. The molecule has 118 valence electrons. The summed E-state index contributed by atoms with van der Waals surface area (Å²) >= 11 is 0. The first kappa shape index (κ1) is 16.1. The minimum Gasteiger partial charge on any atom is -0.480 e. The van der Waals surface area contributed by atoms with Gasteiger partial charge in [0, 0.05) is 5.56 Å². The van der Waals surface area contributed by atoms with Crippen molar-refractivity contribution in [1.29, 1.82) is 0 Å². The van der Waals surface area contributed by atoms with Crippen molar-refractivity contribution in [3.05, 3.63) is 35.4 Å². The molecule has 1 saturated heterocycles. The molecule has 1 fully saturated rings. The van der Waals surface area contributed by atoms with E-state index in [0.717, 1.165) is 0 Å². The fourth-order valence-electron chi connectivity index (χ4n) is 2.12. The van der Waals surface area contributed by atoms with Crippen LogP contribution in [0.1, 0.15) is 22.8 Å². The minimum absolute atomic E-state index is 0.0504. The number of ether oxygens (including phenoxy) is 2. The van der Waals surface area contributed by atoms with Gasteiger partial charge in [-0.2, -0.15) is 0 Å². The van der Waals surface area contributed by atoms with Gasteiger partial charge in [0.05, 0.1) is 6.61 Å². The van der Waals surface area contributed by atoms with Gasteiger partial charge in [0.25, 0.3) is 0 Å². The number of benzene rings is 1. The van der Waals surface area contributed by atoms with Crippen molar-refractivity contribution in [3.63, 3.8) is 0 Å². The maximum Gasteiger partial charge on any atom is 0.356 e. The molecule has 1 aromatic rings. The summed E-state index contributed by atoms with van der Waals surface area (Å²) in [6, 6.07) is 5.62. The number of rotatable bonds is 8. The molecule has 2 atom stereocenters. The van der Waals surface area contributed by atoms with E-state index in [9.17, 15) is 19.5 Å². The maximum atomic E-state index is 11.8. The summed E-state index contributed by atoms with van der Waals surface area (Å²) in [6.45, 7) is 1.89. The second-order valence-corrected chi connectivity index (χ2v) is 4.89. The summed E-state index contributed by atoms with van der Waals surface area (Å²) in [5, 5.41) is 12.0. The van der Waals surface area contributed by atoms with Crippen LogP contribution in [0.15, 0.2) is 24.3 Å². The third kappa shape index (κ3) is 3.49. The zero-order valence-electron chi connectivity index (χ0n) is 12.1. The number of carbonyl (C=O) groups excluding carboxylic acids is 2. The number of nitrogens with one attached hydrogen (secondary N) is 1. The normalized spacial score (nSPS) is 21.0. The van der Waals surface area contributed by atoms with E-state index in [1.807, 2.05) is 0 Å². The number of esters is 1. The lowest BCUT2D eigenvalue weighted by atomic mass is 10.0. The molecule has 0 radical (unpaired) electrons. The van der Waals surface area contributed by atoms with Crippen molar-refractivity contribution >= 4 is 18.2 Å². The molecule has 1 aliphatic heterocycles. The van der Waals surface area contributed by atoms with Gasteiger partial charge in [-0.1, -0.05) is 24.3 Å². The van der Waals surface area contributed by atoms with Crippen LogP contribution in [0.5, 0.6) is 0 Å². The van der Waals surface area contributed by atoms with Crippen LogP contribution in [0.4, 0.5) is 0 Å². The second kappa shape index (κ2) is 6.67. The molecule has 2 rings (SSSR count). The highest BCUT2D eigenvalue weighted by Crippen LogP contribution is 2.26. The molecule has 0 bridgehead atoms. The van der Waals surface area contributed by atoms with Gasteiger partial charge in [-0.25, -0.2) is 4.79 Å². The highest BCUT2D eigenvalue weighted by Gasteiger charge is 2.56. The fraction of sp³-hybridized carbons (Fsp3) is 0.400. The van der Waals surface area contributed by atoms with Crippen LogP contribution in [0, 0.1) is 0 Å². The van der Waals surface area contributed by atoms with Crippen molar-refractivity contribution in [2.45, 2.75) is 25.1 Å². The van der Waals surface area contributed by atoms with Gasteiger partial charge in [0.1, 0.15) is 18.9 Å². The Morgan fingerprint density at radius 2 is 2.18 bits per heavy atom. The predicted octanol–water partition coefficient (Wildman–Crippen LogP) is 0.374.